The summed E-state index contributed by atoms with van der Waals surface area (Å²) in [5.74, 6) is -2.18. The number of hydrogen-bond donors (Lipinski definition) is 2. The first-order chi connectivity index (χ1) is 12.0. The van der Waals surface area contributed by atoms with Crippen LogP contribution in [0.3, 0.4) is 0 Å². The van der Waals surface area contributed by atoms with Gasteiger partial charge in [-0.15, -0.1) is 11.3 Å². The molecule has 4 nitrogen and oxygen atoms in total. The Morgan fingerprint density at radius 1 is 1.20 bits per heavy atom. The van der Waals surface area contributed by atoms with E-state index in [1.165, 1.54) is 18.2 Å². The van der Waals surface area contributed by atoms with Gasteiger partial charge in [0.1, 0.15) is 16.7 Å². The van der Waals surface area contributed by atoms with Gasteiger partial charge in [-0.2, -0.15) is 0 Å². The maximum Gasteiger partial charge on any atom is 0.326 e. The molecule has 7 heteroatoms. The van der Waals surface area contributed by atoms with Gasteiger partial charge in [0, 0.05) is 16.5 Å². The summed E-state index contributed by atoms with van der Waals surface area (Å²) in [4.78, 5) is 24.1. The molecule has 0 saturated heterocycles. The predicted molar refractivity (Wildman–Crippen MR) is 95.8 cm³/mol. The van der Waals surface area contributed by atoms with Gasteiger partial charge in [0.05, 0.1) is 5.02 Å². The quantitative estimate of drug-likeness (QED) is 0.702. The zero-order valence-electron chi connectivity index (χ0n) is 12.8. The van der Waals surface area contributed by atoms with E-state index < -0.39 is 23.7 Å². The number of nitrogens with one attached hydrogen (secondary N) is 1. The highest BCUT2D eigenvalue weighted by Gasteiger charge is 2.24. The van der Waals surface area contributed by atoms with Crippen LogP contribution in [-0.4, -0.2) is 23.0 Å². The highest BCUT2D eigenvalue weighted by atomic mass is 35.5. The van der Waals surface area contributed by atoms with Crippen molar-refractivity contribution in [2.75, 3.05) is 0 Å². The summed E-state index contributed by atoms with van der Waals surface area (Å²) in [5.41, 5.74) is 0.791. The number of amides is 1. The Morgan fingerprint density at radius 3 is 2.60 bits per heavy atom. The minimum absolute atomic E-state index is 0.126. The van der Waals surface area contributed by atoms with Crippen LogP contribution in [0.1, 0.15) is 15.2 Å². The molecule has 0 aliphatic carbocycles. The maximum atomic E-state index is 13.4. The summed E-state index contributed by atoms with van der Waals surface area (Å²) < 4.78 is 14.0. The van der Waals surface area contributed by atoms with Crippen molar-refractivity contribution in [3.05, 3.63) is 69.8 Å². The number of hydrogen-bond acceptors (Lipinski definition) is 3. The minimum Gasteiger partial charge on any atom is -0.480 e. The first kappa shape index (κ1) is 17.4. The average molecular weight is 378 g/mol. The summed E-state index contributed by atoms with van der Waals surface area (Å²) in [7, 11) is 0. The molecule has 1 aromatic heterocycles. The molecule has 3 rings (SSSR count). The second-order valence-electron chi connectivity index (χ2n) is 5.44. The zero-order valence-corrected chi connectivity index (χ0v) is 14.4. The highest BCUT2D eigenvalue weighted by Crippen LogP contribution is 2.35. The predicted octanol–water partition coefficient (Wildman–Crippen LogP) is 4.12. The molecule has 1 unspecified atom stereocenters. The first-order valence-electron chi connectivity index (χ1n) is 7.41. The van der Waals surface area contributed by atoms with Crippen molar-refractivity contribution < 1.29 is 19.1 Å². The van der Waals surface area contributed by atoms with Crippen LogP contribution in [0.5, 0.6) is 0 Å². The average Bonchev–Trinajstić information content (AvgIpc) is 2.91. The van der Waals surface area contributed by atoms with E-state index in [4.69, 9.17) is 11.6 Å². The fraction of sp³-hybridized carbons (Fsp3) is 0.111. The molecular formula is C18H13ClFNO3S. The number of halogens is 2. The molecule has 0 bridgehead atoms. The standard InChI is InChI=1S/C18H13ClFNO3S/c19-15-12-9-11(20)6-7-14(12)25-16(15)17(22)21-13(18(23)24)8-10-4-2-1-3-5-10/h1-7,9,13H,8H2,(H,21,22)(H,23,24). The lowest BCUT2D eigenvalue weighted by atomic mass is 10.1. The van der Waals surface area contributed by atoms with Crippen molar-refractivity contribution in [1.29, 1.82) is 0 Å². The van der Waals surface area contributed by atoms with Crippen LogP contribution < -0.4 is 5.32 Å². The van der Waals surface area contributed by atoms with Crippen molar-refractivity contribution in [2.24, 2.45) is 0 Å². The minimum atomic E-state index is -1.14. The van der Waals surface area contributed by atoms with Crippen molar-refractivity contribution in [3.8, 4) is 0 Å². The van der Waals surface area contributed by atoms with Crippen molar-refractivity contribution in [1.82, 2.24) is 5.32 Å². The van der Waals surface area contributed by atoms with Crippen molar-refractivity contribution >= 4 is 44.9 Å². The van der Waals surface area contributed by atoms with Crippen LogP contribution in [0.4, 0.5) is 4.39 Å². The van der Waals surface area contributed by atoms with Crippen LogP contribution in [0.25, 0.3) is 10.1 Å². The zero-order chi connectivity index (χ0) is 18.0. The third-order valence-electron chi connectivity index (χ3n) is 3.68. The number of benzene rings is 2. The van der Waals surface area contributed by atoms with E-state index in [9.17, 15) is 19.1 Å². The second kappa shape index (κ2) is 7.21. The van der Waals surface area contributed by atoms with Gasteiger partial charge in [-0.25, -0.2) is 9.18 Å². The van der Waals surface area contributed by atoms with E-state index in [0.717, 1.165) is 16.9 Å². The first-order valence-corrected chi connectivity index (χ1v) is 8.60. The molecule has 1 amide bonds. The Kier molecular flexibility index (Phi) is 5.01. The molecule has 2 aromatic carbocycles. The van der Waals surface area contributed by atoms with Gasteiger partial charge in [-0.3, -0.25) is 4.79 Å². The van der Waals surface area contributed by atoms with E-state index in [2.05, 4.69) is 5.32 Å². The van der Waals surface area contributed by atoms with E-state index in [-0.39, 0.29) is 16.3 Å². The summed E-state index contributed by atoms with van der Waals surface area (Å²) in [6.45, 7) is 0. The van der Waals surface area contributed by atoms with E-state index in [1.807, 2.05) is 6.07 Å². The SMILES string of the molecule is O=C(NC(Cc1ccccc1)C(=O)O)c1sc2ccc(F)cc2c1Cl. The fourth-order valence-electron chi connectivity index (χ4n) is 2.46. The van der Waals surface area contributed by atoms with Gasteiger partial charge in [0.2, 0.25) is 0 Å². The third-order valence-corrected chi connectivity index (χ3v) is 5.36. The van der Waals surface area contributed by atoms with Gasteiger partial charge in [0.25, 0.3) is 5.91 Å². The monoisotopic (exact) mass is 377 g/mol. The van der Waals surface area contributed by atoms with Gasteiger partial charge in [-0.1, -0.05) is 41.9 Å². The number of thiophene rings is 1. The molecular weight excluding hydrogens is 365 g/mol. The number of fused-ring (bicyclic) bond motifs is 1. The molecule has 3 aromatic rings. The van der Waals surface area contributed by atoms with E-state index in [1.54, 1.807) is 24.3 Å². The van der Waals surface area contributed by atoms with Gasteiger partial charge < -0.3 is 10.4 Å². The lowest BCUT2D eigenvalue weighted by molar-refractivity contribution is -0.139. The molecule has 0 aliphatic heterocycles. The van der Waals surface area contributed by atoms with Crippen molar-refractivity contribution in [2.45, 2.75) is 12.5 Å². The summed E-state index contributed by atoms with van der Waals surface area (Å²) in [6, 6.07) is 12.0. The topological polar surface area (TPSA) is 66.4 Å². The number of carboxylic acid groups (broad SMARTS) is 1. The largest absolute Gasteiger partial charge is 0.480 e. The van der Waals surface area contributed by atoms with Crippen LogP contribution in [-0.2, 0) is 11.2 Å². The fourth-order valence-corrected chi connectivity index (χ4v) is 3.85. The Morgan fingerprint density at radius 2 is 1.92 bits per heavy atom. The van der Waals surface area contributed by atoms with Gasteiger partial charge in [-0.05, 0) is 23.8 Å². The molecule has 0 saturated carbocycles. The Bertz CT molecular complexity index is 942. The number of carboxylic acids is 1. The van der Waals surface area contributed by atoms with E-state index in [0.29, 0.717) is 10.1 Å². The Hall–Kier alpha value is -2.44. The summed E-state index contributed by atoms with van der Waals surface area (Å²) in [5, 5.41) is 12.4. The highest BCUT2D eigenvalue weighted by molar-refractivity contribution is 7.21. The molecule has 1 atom stereocenters. The third kappa shape index (κ3) is 3.81. The molecule has 0 aliphatic rings. The second-order valence-corrected chi connectivity index (χ2v) is 6.87. The summed E-state index contributed by atoms with van der Waals surface area (Å²) in [6.07, 6.45) is 0.152. The molecule has 2 N–H and O–H groups in total. The molecule has 0 fully saturated rings. The molecule has 1 heterocycles. The number of carbonyl (C=O) groups excluding carboxylic acids is 1. The molecule has 128 valence electrons. The van der Waals surface area contributed by atoms with Crippen molar-refractivity contribution in [3.63, 3.8) is 0 Å². The van der Waals surface area contributed by atoms with Crippen LogP contribution in [0.2, 0.25) is 5.02 Å². The lowest BCUT2D eigenvalue weighted by Gasteiger charge is -2.14. The maximum absolute atomic E-state index is 13.4. The molecule has 25 heavy (non-hydrogen) atoms. The van der Waals surface area contributed by atoms with Gasteiger partial charge in [0.15, 0.2) is 0 Å². The Labute approximate surface area is 151 Å². The number of aliphatic carboxylic acids is 1. The normalized spacial score (nSPS) is 12.1. The Balaban J connectivity index is 1.84. The number of carbonyl (C=O) groups is 2. The summed E-state index contributed by atoms with van der Waals surface area (Å²) >= 11 is 7.28. The molecule has 0 radical (unpaired) electrons. The smallest absolute Gasteiger partial charge is 0.326 e. The van der Waals surface area contributed by atoms with Crippen LogP contribution in [0.15, 0.2) is 48.5 Å². The molecule has 0 spiro atoms. The van der Waals surface area contributed by atoms with E-state index >= 15 is 0 Å². The van der Waals surface area contributed by atoms with Crippen LogP contribution in [0, 0.1) is 5.82 Å². The van der Waals surface area contributed by atoms with Gasteiger partial charge >= 0.3 is 5.97 Å². The van der Waals surface area contributed by atoms with Crippen LogP contribution >= 0.6 is 22.9 Å². The lowest BCUT2D eigenvalue weighted by Crippen LogP contribution is -2.42. The number of rotatable bonds is 5.